The summed E-state index contributed by atoms with van der Waals surface area (Å²) in [6.07, 6.45) is 3.99. The van der Waals surface area contributed by atoms with Gasteiger partial charge in [0.05, 0.1) is 0 Å². The fourth-order valence-corrected chi connectivity index (χ4v) is 3.79. The SMILES string of the molecule is O=C(NC1CCN(c2ccc(F)cc2)CC1)c1ccc2nc(C3CC3)oc2c1. The lowest BCUT2D eigenvalue weighted by atomic mass is 10.0. The van der Waals surface area contributed by atoms with Crippen LogP contribution in [0, 0.1) is 5.82 Å². The zero-order valence-corrected chi connectivity index (χ0v) is 15.5. The minimum Gasteiger partial charge on any atom is -0.440 e. The van der Waals surface area contributed by atoms with Gasteiger partial charge in [0.15, 0.2) is 11.5 Å². The number of amides is 1. The summed E-state index contributed by atoms with van der Waals surface area (Å²) in [5.74, 6) is 0.946. The van der Waals surface area contributed by atoms with E-state index in [9.17, 15) is 9.18 Å². The molecule has 0 radical (unpaired) electrons. The van der Waals surface area contributed by atoms with E-state index >= 15 is 0 Å². The van der Waals surface area contributed by atoms with E-state index in [0.717, 1.165) is 55.9 Å². The fraction of sp³-hybridized carbons (Fsp3) is 0.364. The van der Waals surface area contributed by atoms with Gasteiger partial charge in [0, 0.05) is 36.3 Å². The third-order valence-corrected chi connectivity index (χ3v) is 5.62. The van der Waals surface area contributed by atoms with E-state index in [4.69, 9.17) is 4.42 Å². The number of nitrogens with one attached hydrogen (secondary N) is 1. The summed E-state index contributed by atoms with van der Waals surface area (Å²) in [7, 11) is 0. The average Bonchev–Trinajstić information content (AvgIpc) is 3.48. The van der Waals surface area contributed by atoms with Crippen molar-refractivity contribution in [3.05, 3.63) is 59.7 Å². The molecule has 1 saturated carbocycles. The molecule has 1 saturated heterocycles. The second-order valence-electron chi connectivity index (χ2n) is 7.72. The molecule has 0 bridgehead atoms. The van der Waals surface area contributed by atoms with Crippen molar-refractivity contribution in [2.45, 2.75) is 37.6 Å². The number of hydrogen-bond acceptors (Lipinski definition) is 4. The second-order valence-corrected chi connectivity index (χ2v) is 7.72. The molecule has 2 fully saturated rings. The smallest absolute Gasteiger partial charge is 0.251 e. The van der Waals surface area contributed by atoms with Crippen molar-refractivity contribution in [3.8, 4) is 0 Å². The van der Waals surface area contributed by atoms with Crippen molar-refractivity contribution in [1.82, 2.24) is 10.3 Å². The van der Waals surface area contributed by atoms with E-state index in [1.165, 1.54) is 12.1 Å². The highest BCUT2D eigenvalue weighted by atomic mass is 19.1. The number of fused-ring (bicyclic) bond motifs is 1. The van der Waals surface area contributed by atoms with Gasteiger partial charge in [-0.05, 0) is 68.1 Å². The Morgan fingerprint density at radius 3 is 2.54 bits per heavy atom. The normalized spacial score (nSPS) is 17.8. The molecule has 1 aliphatic carbocycles. The van der Waals surface area contributed by atoms with Crippen LogP contribution >= 0.6 is 0 Å². The quantitative estimate of drug-likeness (QED) is 0.737. The van der Waals surface area contributed by atoms with Crippen LogP contribution < -0.4 is 10.2 Å². The highest BCUT2D eigenvalue weighted by Gasteiger charge is 2.29. The van der Waals surface area contributed by atoms with Crippen LogP contribution in [0.1, 0.15) is 47.8 Å². The number of nitrogens with zero attached hydrogens (tertiary/aromatic N) is 2. The van der Waals surface area contributed by atoms with Crippen LogP contribution in [0.5, 0.6) is 0 Å². The number of hydrogen-bond donors (Lipinski definition) is 1. The van der Waals surface area contributed by atoms with Gasteiger partial charge in [0.25, 0.3) is 5.91 Å². The molecule has 3 aromatic rings. The predicted octanol–water partition coefficient (Wildman–Crippen LogP) is 4.24. The molecule has 5 nitrogen and oxygen atoms in total. The van der Waals surface area contributed by atoms with E-state index in [0.29, 0.717) is 17.1 Å². The summed E-state index contributed by atoms with van der Waals surface area (Å²) in [4.78, 5) is 19.4. The standard InChI is InChI=1S/C22H22FN3O2/c23-16-4-6-18(7-5-16)26-11-9-17(10-12-26)24-21(27)15-3-8-19-20(13-15)28-22(25-19)14-1-2-14/h3-8,13-14,17H,1-2,9-12H2,(H,24,27). The zero-order valence-electron chi connectivity index (χ0n) is 15.5. The molecule has 2 aromatic carbocycles. The maximum atomic E-state index is 13.1. The number of piperidine rings is 1. The molecule has 28 heavy (non-hydrogen) atoms. The summed E-state index contributed by atoms with van der Waals surface area (Å²) in [6, 6.07) is 12.2. The average molecular weight is 379 g/mol. The maximum Gasteiger partial charge on any atom is 0.251 e. The number of anilines is 1. The first kappa shape index (κ1) is 17.2. The van der Waals surface area contributed by atoms with Crippen LogP contribution in [0.15, 0.2) is 46.9 Å². The number of oxazole rings is 1. The topological polar surface area (TPSA) is 58.4 Å². The Kier molecular flexibility index (Phi) is 4.26. The fourth-order valence-electron chi connectivity index (χ4n) is 3.79. The van der Waals surface area contributed by atoms with Crippen molar-refractivity contribution in [2.24, 2.45) is 0 Å². The molecule has 0 spiro atoms. The van der Waals surface area contributed by atoms with Crippen LogP contribution in [0.2, 0.25) is 0 Å². The Bertz CT molecular complexity index is 1000. The summed E-state index contributed by atoms with van der Waals surface area (Å²) in [6.45, 7) is 1.67. The highest BCUT2D eigenvalue weighted by molar-refractivity contribution is 5.97. The highest BCUT2D eigenvalue weighted by Crippen LogP contribution is 2.40. The first-order valence-corrected chi connectivity index (χ1v) is 9.87. The van der Waals surface area contributed by atoms with Gasteiger partial charge in [0.2, 0.25) is 0 Å². The van der Waals surface area contributed by atoms with Crippen molar-refractivity contribution in [1.29, 1.82) is 0 Å². The Morgan fingerprint density at radius 2 is 1.82 bits per heavy atom. The number of carbonyl (C=O) groups excluding carboxylic acids is 1. The van der Waals surface area contributed by atoms with Crippen molar-refractivity contribution < 1.29 is 13.6 Å². The number of carbonyl (C=O) groups is 1. The lowest BCUT2D eigenvalue weighted by molar-refractivity contribution is 0.0931. The number of aromatic nitrogens is 1. The minimum atomic E-state index is -0.223. The molecule has 1 N–H and O–H groups in total. The van der Waals surface area contributed by atoms with Gasteiger partial charge in [-0.2, -0.15) is 0 Å². The van der Waals surface area contributed by atoms with Crippen LogP contribution in [-0.2, 0) is 0 Å². The Hall–Kier alpha value is -2.89. The molecule has 5 rings (SSSR count). The van der Waals surface area contributed by atoms with Gasteiger partial charge in [-0.3, -0.25) is 4.79 Å². The van der Waals surface area contributed by atoms with E-state index in [2.05, 4.69) is 15.2 Å². The van der Waals surface area contributed by atoms with Gasteiger partial charge in [-0.1, -0.05) is 0 Å². The summed E-state index contributed by atoms with van der Waals surface area (Å²) in [5, 5.41) is 3.14. The molecular formula is C22H22FN3O2. The molecule has 2 aliphatic rings. The first-order chi connectivity index (χ1) is 13.7. The summed E-state index contributed by atoms with van der Waals surface area (Å²) in [5.41, 5.74) is 3.12. The zero-order chi connectivity index (χ0) is 19.1. The molecule has 1 amide bonds. The number of rotatable bonds is 4. The van der Waals surface area contributed by atoms with Crippen LogP contribution in [0.4, 0.5) is 10.1 Å². The van der Waals surface area contributed by atoms with Crippen molar-refractivity contribution in [2.75, 3.05) is 18.0 Å². The van der Waals surface area contributed by atoms with E-state index in [-0.39, 0.29) is 17.8 Å². The Balaban J connectivity index is 1.21. The Labute approximate surface area is 162 Å². The van der Waals surface area contributed by atoms with Gasteiger partial charge in [-0.15, -0.1) is 0 Å². The summed E-state index contributed by atoms with van der Waals surface area (Å²) < 4.78 is 18.9. The lowest BCUT2D eigenvalue weighted by Crippen LogP contribution is -2.44. The lowest BCUT2D eigenvalue weighted by Gasteiger charge is -2.34. The third-order valence-electron chi connectivity index (χ3n) is 5.62. The molecule has 6 heteroatoms. The van der Waals surface area contributed by atoms with Crippen LogP contribution in [0.3, 0.4) is 0 Å². The monoisotopic (exact) mass is 379 g/mol. The van der Waals surface area contributed by atoms with Gasteiger partial charge >= 0.3 is 0 Å². The van der Waals surface area contributed by atoms with Gasteiger partial charge in [0.1, 0.15) is 11.3 Å². The molecule has 1 aliphatic heterocycles. The van der Waals surface area contributed by atoms with E-state index in [1.54, 1.807) is 18.2 Å². The van der Waals surface area contributed by atoms with Gasteiger partial charge in [-0.25, -0.2) is 9.37 Å². The second kappa shape index (κ2) is 6.93. The van der Waals surface area contributed by atoms with Crippen LogP contribution in [-0.4, -0.2) is 30.0 Å². The van der Waals surface area contributed by atoms with Crippen molar-refractivity contribution >= 4 is 22.7 Å². The molecule has 0 unspecified atom stereocenters. The maximum absolute atomic E-state index is 13.1. The number of benzene rings is 2. The minimum absolute atomic E-state index is 0.0773. The Morgan fingerprint density at radius 1 is 1.07 bits per heavy atom. The number of halogens is 1. The molecule has 2 heterocycles. The van der Waals surface area contributed by atoms with Crippen molar-refractivity contribution in [3.63, 3.8) is 0 Å². The molecule has 144 valence electrons. The van der Waals surface area contributed by atoms with Crippen LogP contribution in [0.25, 0.3) is 11.1 Å². The molecular weight excluding hydrogens is 357 g/mol. The summed E-state index contributed by atoms with van der Waals surface area (Å²) >= 11 is 0. The first-order valence-electron chi connectivity index (χ1n) is 9.87. The van der Waals surface area contributed by atoms with E-state index < -0.39 is 0 Å². The molecule has 1 aromatic heterocycles. The molecule has 0 atom stereocenters. The largest absolute Gasteiger partial charge is 0.440 e. The predicted molar refractivity (Wildman–Crippen MR) is 105 cm³/mol. The van der Waals surface area contributed by atoms with E-state index in [1.807, 2.05) is 12.1 Å². The third kappa shape index (κ3) is 3.46. The van der Waals surface area contributed by atoms with Gasteiger partial charge < -0.3 is 14.6 Å².